The first kappa shape index (κ1) is 21.9. The molecule has 0 heterocycles. The van der Waals surface area contributed by atoms with Gasteiger partial charge in [0.05, 0.1) is 0 Å². The zero-order chi connectivity index (χ0) is 17.7. The summed E-state index contributed by atoms with van der Waals surface area (Å²) in [6, 6.07) is -0.885. The number of carbonyl (C=O) groups excluding carboxylic acids is 1. The Balaban J connectivity index is 4.62. The van der Waals surface area contributed by atoms with E-state index < -0.39 is 6.04 Å². The molecule has 2 N–H and O–H groups in total. The van der Waals surface area contributed by atoms with Crippen LogP contribution in [0.2, 0.25) is 0 Å². The van der Waals surface area contributed by atoms with Crippen LogP contribution in [0.3, 0.4) is 0 Å². The predicted octanol–water partition coefficient (Wildman–Crippen LogP) is 1.55. The molecule has 0 saturated heterocycles. The normalized spacial score (nSPS) is 14.6. The van der Waals surface area contributed by atoms with Crippen LogP contribution in [0.15, 0.2) is 9.98 Å². The topological polar surface area (TPSA) is 88.9 Å². The predicted molar refractivity (Wildman–Crippen MR) is 98.1 cm³/mol. The van der Waals surface area contributed by atoms with Gasteiger partial charge in [-0.1, -0.05) is 25.8 Å². The third kappa shape index (κ3) is 9.61. The summed E-state index contributed by atoms with van der Waals surface area (Å²) in [5, 5.41) is 15.2. The summed E-state index contributed by atoms with van der Waals surface area (Å²) in [6.45, 7) is 9.86. The first-order chi connectivity index (χ1) is 11.0. The van der Waals surface area contributed by atoms with E-state index in [0.717, 1.165) is 25.7 Å². The first-order valence-corrected chi connectivity index (χ1v) is 9.48. The molecule has 0 aromatic heterocycles. The van der Waals surface area contributed by atoms with Crippen LogP contribution >= 0.6 is 11.9 Å². The van der Waals surface area contributed by atoms with Crippen LogP contribution < -0.4 is 15.1 Å². The number of unbranched alkanes of at least 4 members (excludes halogenated alkanes) is 1. The van der Waals surface area contributed by atoms with Gasteiger partial charge >= 0.3 is 0 Å². The van der Waals surface area contributed by atoms with Gasteiger partial charge in [-0.15, -0.1) is 0 Å². The van der Waals surface area contributed by atoms with Crippen LogP contribution in [0.4, 0.5) is 0 Å². The van der Waals surface area contributed by atoms with Crippen molar-refractivity contribution in [2.24, 2.45) is 9.98 Å². The number of nitrogens with one attached hydrogen (secondary N) is 2. The molecule has 7 heteroatoms. The monoisotopic (exact) mass is 343 g/mol. The molecule has 2 unspecified atom stereocenters. The lowest BCUT2D eigenvalue weighted by Gasteiger charge is -2.25. The fourth-order valence-corrected chi connectivity index (χ4v) is 2.60. The molecular weight excluding hydrogens is 312 g/mol. The molecular formula is C16H31N4O2S-. The maximum absolute atomic E-state index is 12.3. The number of nitrogens with zero attached hydrogens (tertiary/aromatic N) is 2. The van der Waals surface area contributed by atoms with Gasteiger partial charge in [0.15, 0.2) is 0 Å². The van der Waals surface area contributed by atoms with Crippen molar-refractivity contribution in [1.29, 1.82) is 0 Å². The minimum absolute atomic E-state index is 0.141. The average Bonchev–Trinajstić information content (AvgIpc) is 2.54. The molecule has 2 atom stereocenters. The SMILES string of the molecule is C=NCCCCC(NSC)C([O-])=NC(C)C(=O)NC(CC)CC. The third-order valence-electron chi connectivity index (χ3n) is 3.65. The van der Waals surface area contributed by atoms with Crippen LogP contribution in [-0.4, -0.2) is 49.4 Å². The summed E-state index contributed by atoms with van der Waals surface area (Å²) in [6.07, 6.45) is 6.06. The Morgan fingerprint density at radius 3 is 2.48 bits per heavy atom. The second-order valence-corrected chi connectivity index (χ2v) is 6.13. The van der Waals surface area contributed by atoms with E-state index in [0.29, 0.717) is 13.0 Å². The highest BCUT2D eigenvalue weighted by Crippen LogP contribution is 2.06. The summed E-state index contributed by atoms with van der Waals surface area (Å²) in [4.78, 5) is 19.9. The lowest BCUT2D eigenvalue weighted by Crippen LogP contribution is -2.44. The highest BCUT2D eigenvalue weighted by Gasteiger charge is 2.16. The van der Waals surface area contributed by atoms with E-state index in [9.17, 15) is 9.90 Å². The van der Waals surface area contributed by atoms with Crippen LogP contribution in [0.1, 0.15) is 52.9 Å². The molecule has 1 amide bonds. The molecule has 0 aliphatic carbocycles. The minimum Gasteiger partial charge on any atom is -0.861 e. The lowest BCUT2D eigenvalue weighted by atomic mass is 10.1. The molecule has 0 radical (unpaired) electrons. The van der Waals surface area contributed by atoms with Crippen molar-refractivity contribution in [2.45, 2.75) is 71.0 Å². The second kappa shape index (κ2) is 13.4. The molecule has 0 aromatic carbocycles. The molecule has 0 bridgehead atoms. The van der Waals surface area contributed by atoms with Gasteiger partial charge in [0.2, 0.25) is 5.91 Å². The van der Waals surface area contributed by atoms with Crippen molar-refractivity contribution in [3.8, 4) is 0 Å². The van der Waals surface area contributed by atoms with Crippen LogP contribution in [0.25, 0.3) is 0 Å². The van der Waals surface area contributed by atoms with Crippen molar-refractivity contribution in [2.75, 3.05) is 12.8 Å². The Labute approximate surface area is 144 Å². The number of aliphatic imine (C=N–C) groups is 2. The van der Waals surface area contributed by atoms with Crippen molar-refractivity contribution in [3.05, 3.63) is 0 Å². The van der Waals surface area contributed by atoms with E-state index in [2.05, 4.69) is 26.7 Å². The summed E-state index contributed by atoms with van der Waals surface area (Å²) in [5.41, 5.74) is 0. The van der Waals surface area contributed by atoms with Crippen molar-refractivity contribution < 1.29 is 9.90 Å². The van der Waals surface area contributed by atoms with Crippen LogP contribution in [0, 0.1) is 0 Å². The van der Waals surface area contributed by atoms with Gasteiger partial charge in [-0.25, -0.2) is 0 Å². The van der Waals surface area contributed by atoms with E-state index in [1.54, 1.807) is 6.92 Å². The molecule has 6 nitrogen and oxygen atoms in total. The number of hydrogen-bond acceptors (Lipinski definition) is 6. The van der Waals surface area contributed by atoms with Gasteiger partial charge < -0.3 is 15.4 Å². The molecule has 0 saturated carbocycles. The van der Waals surface area contributed by atoms with Crippen molar-refractivity contribution in [3.63, 3.8) is 0 Å². The largest absolute Gasteiger partial charge is 0.861 e. The number of hydrogen-bond donors (Lipinski definition) is 2. The number of rotatable bonds is 13. The Kier molecular flexibility index (Phi) is 12.7. The molecule has 23 heavy (non-hydrogen) atoms. The molecule has 0 aromatic rings. The molecule has 134 valence electrons. The smallest absolute Gasteiger partial charge is 0.244 e. The van der Waals surface area contributed by atoms with Gasteiger partial charge in [0.1, 0.15) is 6.04 Å². The standard InChI is InChI=1S/C16H32N4O2S/c1-6-13(7-2)19-15(21)12(3)18-16(22)14(20-23-5)10-8-9-11-17-4/h12-14,20H,4,6-11H2,1-3,5H3,(H,18,22)(H,19,21)/p-1. The number of amides is 1. The molecule has 0 aliphatic heterocycles. The van der Waals surface area contributed by atoms with E-state index in [-0.39, 0.29) is 23.9 Å². The van der Waals surface area contributed by atoms with E-state index in [4.69, 9.17) is 0 Å². The highest BCUT2D eigenvalue weighted by atomic mass is 32.2. The van der Waals surface area contributed by atoms with Gasteiger partial charge in [-0.05, 0) is 57.9 Å². The van der Waals surface area contributed by atoms with Gasteiger partial charge in [0, 0.05) is 18.6 Å². The quantitative estimate of drug-likeness (QED) is 0.230. The van der Waals surface area contributed by atoms with Crippen molar-refractivity contribution >= 4 is 30.5 Å². The first-order valence-electron chi connectivity index (χ1n) is 8.26. The lowest BCUT2D eigenvalue weighted by molar-refractivity contribution is -0.221. The van der Waals surface area contributed by atoms with Crippen molar-refractivity contribution in [1.82, 2.24) is 10.0 Å². The zero-order valence-electron chi connectivity index (χ0n) is 14.8. The Morgan fingerprint density at radius 2 is 1.96 bits per heavy atom. The molecule has 0 rings (SSSR count). The zero-order valence-corrected chi connectivity index (χ0v) is 15.6. The van der Waals surface area contributed by atoms with E-state index >= 15 is 0 Å². The second-order valence-electron chi connectivity index (χ2n) is 5.48. The maximum Gasteiger partial charge on any atom is 0.244 e. The van der Waals surface area contributed by atoms with Crippen LogP contribution in [0.5, 0.6) is 0 Å². The van der Waals surface area contributed by atoms with Gasteiger partial charge in [-0.2, -0.15) is 0 Å². The summed E-state index contributed by atoms with van der Waals surface area (Å²) < 4.78 is 3.06. The fourth-order valence-electron chi connectivity index (χ4n) is 2.10. The summed E-state index contributed by atoms with van der Waals surface area (Å²) in [5.74, 6) is -0.455. The maximum atomic E-state index is 12.3. The summed E-state index contributed by atoms with van der Waals surface area (Å²) >= 11 is 1.39. The Bertz CT molecular complexity index is 373. The number of carbonyl (C=O) groups is 1. The molecule has 0 spiro atoms. The molecule has 0 aliphatic rings. The fraction of sp³-hybridized carbons (Fsp3) is 0.812. The van der Waals surface area contributed by atoms with E-state index in [1.807, 2.05) is 20.1 Å². The van der Waals surface area contributed by atoms with Gasteiger partial charge in [0.25, 0.3) is 0 Å². The van der Waals surface area contributed by atoms with Gasteiger partial charge in [-0.3, -0.25) is 14.5 Å². The third-order valence-corrected chi connectivity index (χ3v) is 4.17. The Morgan fingerprint density at radius 1 is 1.30 bits per heavy atom. The summed E-state index contributed by atoms with van der Waals surface area (Å²) in [7, 11) is 0. The Hall–Kier alpha value is -1.08. The molecule has 0 fully saturated rings. The average molecular weight is 344 g/mol. The highest BCUT2D eigenvalue weighted by molar-refractivity contribution is 7.96. The van der Waals surface area contributed by atoms with Crippen LogP contribution in [-0.2, 0) is 4.79 Å². The minimum atomic E-state index is -0.663. The van der Waals surface area contributed by atoms with E-state index in [1.165, 1.54) is 11.9 Å².